The summed E-state index contributed by atoms with van der Waals surface area (Å²) in [6, 6.07) is 0.860. The first kappa shape index (κ1) is 28.9. The molecule has 36 heavy (non-hydrogen) atoms. The summed E-state index contributed by atoms with van der Waals surface area (Å²) >= 11 is -0.556. The molecule has 6 aliphatic rings. The quantitative estimate of drug-likeness (QED) is 0.242. The summed E-state index contributed by atoms with van der Waals surface area (Å²) in [5.74, 6) is 3.41. The van der Waals surface area contributed by atoms with E-state index in [4.69, 9.17) is 23.9 Å². The summed E-state index contributed by atoms with van der Waals surface area (Å²) in [7, 11) is 7.96. The molecule has 1 heterocycles. The third-order valence-corrected chi connectivity index (χ3v) is 14.0. The Hall–Kier alpha value is -0.129. The number of hydrogen-bond acceptors (Lipinski definition) is 1. The van der Waals surface area contributed by atoms with E-state index in [1.54, 1.807) is 5.57 Å². The SMILES string of the molecule is C[C@H]1[N-]C2C(C3CCCCC3)=CC=C[C@H]2N1[Si](C)(C)C1C2C=CC=CC2C2C=CC=CC21.[CH3-].[Cl][Ti][Cl]. The van der Waals surface area contributed by atoms with E-state index in [1.807, 2.05) is 0 Å². The predicted octanol–water partition coefficient (Wildman–Crippen LogP) is 8.97. The van der Waals surface area contributed by atoms with Crippen LogP contribution in [0.5, 0.6) is 0 Å². The van der Waals surface area contributed by atoms with Crippen LogP contribution in [0, 0.1) is 37.0 Å². The molecule has 5 unspecified atom stereocenters. The molecule has 196 valence electrons. The Bertz CT molecular complexity index is 915. The van der Waals surface area contributed by atoms with Gasteiger partial charge in [0, 0.05) is 6.04 Å². The number of halogens is 2. The van der Waals surface area contributed by atoms with Gasteiger partial charge in [-0.05, 0) is 48.0 Å². The van der Waals surface area contributed by atoms with Crippen molar-refractivity contribution < 1.29 is 17.0 Å². The first-order valence-electron chi connectivity index (χ1n) is 13.5. The number of allylic oxidation sites excluding steroid dienone is 10. The zero-order valence-electron chi connectivity index (χ0n) is 22.2. The third kappa shape index (κ3) is 5.20. The van der Waals surface area contributed by atoms with Gasteiger partial charge in [-0.2, -0.15) is 0 Å². The number of nitrogens with zero attached hydrogens (tertiary/aromatic N) is 2. The van der Waals surface area contributed by atoms with Gasteiger partial charge in [-0.25, -0.2) is 0 Å². The van der Waals surface area contributed by atoms with E-state index in [9.17, 15) is 0 Å². The van der Waals surface area contributed by atoms with Crippen molar-refractivity contribution in [1.82, 2.24) is 4.57 Å². The average Bonchev–Trinajstić information content (AvgIpc) is 3.40. The van der Waals surface area contributed by atoms with Gasteiger partial charge in [-0.15, -0.1) is 0 Å². The summed E-state index contributed by atoms with van der Waals surface area (Å²) in [6.45, 7) is 7.71. The van der Waals surface area contributed by atoms with Crippen molar-refractivity contribution in [2.75, 3.05) is 0 Å². The van der Waals surface area contributed by atoms with Crippen LogP contribution in [0.25, 0.3) is 5.32 Å². The fourth-order valence-corrected chi connectivity index (χ4v) is 13.4. The standard InChI is InChI=1S/C29H39N2Si.CH3.2ClH.Ti/c1-20-30-28-22(21-12-5-4-6-13-21)18-11-19-27(28)31(20)32(2,3)29-25-16-9-7-14-23(25)24-15-8-10-17-26(24)29;;;;/h7-11,14-21,23-29H,4-6,12-13H2,1-3H3;1H3;2*1H;/q2*-1;;;+2/p-2/t20-,23?,24?,25?,26?,27+,28?,29?;;;;/m0..../s1. The molecule has 6 heteroatoms. The zero-order chi connectivity index (χ0) is 24.6. The topological polar surface area (TPSA) is 17.3 Å². The maximum atomic E-state index is 5.47. The molecule has 2 nitrogen and oxygen atoms in total. The van der Waals surface area contributed by atoms with Crippen LogP contribution in [0.1, 0.15) is 39.0 Å². The van der Waals surface area contributed by atoms with Crippen LogP contribution in [0.2, 0.25) is 18.6 Å². The summed E-state index contributed by atoms with van der Waals surface area (Å²) in [4.78, 5) is 0. The molecular weight excluding hydrogens is 535 g/mol. The van der Waals surface area contributed by atoms with Crippen LogP contribution < -0.4 is 0 Å². The van der Waals surface area contributed by atoms with Crippen molar-refractivity contribution >= 4 is 26.8 Å². The molecule has 2 saturated carbocycles. The van der Waals surface area contributed by atoms with E-state index < -0.39 is 25.3 Å². The Kier molecular flexibility index (Phi) is 9.92. The monoisotopic (exact) mass is 576 g/mol. The Morgan fingerprint density at radius 2 is 1.36 bits per heavy atom. The Labute approximate surface area is 237 Å². The van der Waals surface area contributed by atoms with Crippen molar-refractivity contribution in [3.8, 4) is 0 Å². The second kappa shape index (κ2) is 12.4. The molecule has 0 aromatic heterocycles. The van der Waals surface area contributed by atoms with Gasteiger partial charge in [0.05, 0.1) is 0 Å². The van der Waals surface area contributed by atoms with Gasteiger partial charge in [0.15, 0.2) is 0 Å². The van der Waals surface area contributed by atoms with E-state index >= 15 is 0 Å². The summed E-state index contributed by atoms with van der Waals surface area (Å²) in [6.07, 6.45) is 33.9. The van der Waals surface area contributed by atoms with E-state index in [0.29, 0.717) is 41.9 Å². The van der Waals surface area contributed by atoms with Crippen molar-refractivity contribution in [3.05, 3.63) is 85.2 Å². The van der Waals surface area contributed by atoms with E-state index in [-0.39, 0.29) is 7.43 Å². The summed E-state index contributed by atoms with van der Waals surface area (Å²) in [5.41, 5.74) is 2.38. The predicted molar refractivity (Wildman–Crippen MR) is 156 cm³/mol. The fraction of sp³-hybridized carbons (Fsp3) is 0.567. The Balaban J connectivity index is 0.000000726. The van der Waals surface area contributed by atoms with Crippen LogP contribution in [0.4, 0.5) is 0 Å². The van der Waals surface area contributed by atoms with Crippen molar-refractivity contribution in [2.24, 2.45) is 29.6 Å². The molecular formula is C30H42Cl2N2SiTi-2. The third-order valence-electron chi connectivity index (χ3n) is 9.64. The number of rotatable bonds is 3. The average molecular weight is 578 g/mol. The van der Waals surface area contributed by atoms with Gasteiger partial charge >= 0.3 is 35.6 Å². The molecule has 0 amide bonds. The molecule has 0 aromatic carbocycles. The second-order valence-electron chi connectivity index (χ2n) is 11.6. The van der Waals surface area contributed by atoms with Gasteiger partial charge in [0.25, 0.3) is 0 Å². The molecule has 7 atom stereocenters. The second-order valence-corrected chi connectivity index (χ2v) is 18.7. The Morgan fingerprint density at radius 1 is 0.833 bits per heavy atom. The van der Waals surface area contributed by atoms with Crippen LogP contribution in [-0.2, 0) is 17.0 Å². The van der Waals surface area contributed by atoms with E-state index in [2.05, 4.69) is 91.4 Å². The molecule has 3 fully saturated rings. The van der Waals surface area contributed by atoms with Crippen molar-refractivity contribution in [3.63, 3.8) is 0 Å². The fourth-order valence-electron chi connectivity index (χ4n) is 8.47. The summed E-state index contributed by atoms with van der Waals surface area (Å²) in [5, 5.41) is 5.47. The van der Waals surface area contributed by atoms with Crippen LogP contribution in [0.3, 0.4) is 0 Å². The van der Waals surface area contributed by atoms with Crippen LogP contribution >= 0.6 is 18.6 Å². The zero-order valence-corrected chi connectivity index (χ0v) is 26.3. The van der Waals surface area contributed by atoms with Gasteiger partial charge < -0.3 is 17.3 Å². The number of fused-ring (bicyclic) bond motifs is 4. The van der Waals surface area contributed by atoms with Gasteiger partial charge in [0.2, 0.25) is 0 Å². The van der Waals surface area contributed by atoms with E-state index in [0.717, 1.165) is 11.5 Å². The first-order chi connectivity index (χ1) is 17.0. The number of hydrogen-bond donors (Lipinski definition) is 0. The molecule has 5 aliphatic carbocycles. The molecule has 0 spiro atoms. The molecule has 0 bridgehead atoms. The van der Waals surface area contributed by atoms with Crippen LogP contribution in [-0.4, -0.2) is 31.1 Å². The van der Waals surface area contributed by atoms with Gasteiger partial charge in [0.1, 0.15) is 8.24 Å². The Morgan fingerprint density at radius 3 is 1.92 bits per heavy atom. The normalized spacial score (nSPS) is 38.9. The minimum absolute atomic E-state index is 0. The minimum atomic E-state index is -1.81. The summed E-state index contributed by atoms with van der Waals surface area (Å²) < 4.78 is 2.94. The van der Waals surface area contributed by atoms with E-state index in [1.165, 1.54) is 32.1 Å². The first-order valence-corrected chi connectivity index (χ1v) is 20.8. The van der Waals surface area contributed by atoms with Crippen molar-refractivity contribution in [2.45, 2.75) is 75.9 Å². The van der Waals surface area contributed by atoms with Gasteiger partial charge in [-0.3, -0.25) is 0 Å². The van der Waals surface area contributed by atoms with Gasteiger partial charge in [-0.1, -0.05) is 124 Å². The molecule has 0 radical (unpaired) electrons. The molecule has 1 aliphatic heterocycles. The molecule has 6 rings (SSSR count). The molecule has 0 aromatic rings. The van der Waals surface area contributed by atoms with Crippen LogP contribution in [0.15, 0.2) is 72.4 Å². The molecule has 0 N–H and O–H groups in total. The molecule has 1 saturated heterocycles. The van der Waals surface area contributed by atoms with Crippen molar-refractivity contribution in [1.29, 1.82) is 0 Å². The maximum absolute atomic E-state index is 5.47.